The van der Waals surface area contributed by atoms with Crippen LogP contribution in [0.4, 0.5) is 20.6 Å². The van der Waals surface area contributed by atoms with Gasteiger partial charge in [-0.3, -0.25) is 9.69 Å². The van der Waals surface area contributed by atoms with Gasteiger partial charge in [0.05, 0.1) is 13.5 Å². The van der Waals surface area contributed by atoms with Gasteiger partial charge in [-0.05, 0) is 36.4 Å². The maximum absolute atomic E-state index is 13.7. The minimum Gasteiger partial charge on any atom is -0.452 e. The molecule has 24 heavy (non-hydrogen) atoms. The van der Waals surface area contributed by atoms with Crippen LogP contribution < -0.4 is 10.2 Å². The molecule has 0 aromatic heterocycles. The van der Waals surface area contributed by atoms with Gasteiger partial charge >= 0.3 is 6.09 Å². The number of hydrogen-bond acceptors (Lipinski definition) is 3. The number of ether oxygens (including phenoxy) is 1. The highest BCUT2D eigenvalue weighted by molar-refractivity contribution is 6.31. The highest BCUT2D eigenvalue weighted by Gasteiger charge is 2.13. The van der Waals surface area contributed by atoms with Gasteiger partial charge in [0, 0.05) is 29.0 Å². The van der Waals surface area contributed by atoms with Crippen LogP contribution in [0.1, 0.15) is 5.56 Å². The lowest BCUT2D eigenvalue weighted by Gasteiger charge is -2.16. The number of halogens is 2. The minimum atomic E-state index is -0.521. The number of anilines is 2. The summed E-state index contributed by atoms with van der Waals surface area (Å²) in [4.78, 5) is 24.8. The van der Waals surface area contributed by atoms with Crippen LogP contribution >= 0.6 is 11.6 Å². The standard InChI is InChI=1S/C17H16ClFN2O3/c1-21(17(23)24-2)12-8-6-11(7-9-12)20-16(22)10-13-14(18)4-3-5-15(13)19/h3-9H,10H2,1-2H3,(H,20,22). The molecule has 0 aliphatic rings. The summed E-state index contributed by atoms with van der Waals surface area (Å²) < 4.78 is 18.3. The summed E-state index contributed by atoms with van der Waals surface area (Å²) in [6.07, 6.45) is -0.670. The summed E-state index contributed by atoms with van der Waals surface area (Å²) in [7, 11) is 2.86. The average molecular weight is 351 g/mol. The third-order valence-corrected chi connectivity index (χ3v) is 3.74. The van der Waals surface area contributed by atoms with Gasteiger partial charge in [-0.25, -0.2) is 9.18 Å². The van der Waals surface area contributed by atoms with Crippen LogP contribution in [0.5, 0.6) is 0 Å². The quantitative estimate of drug-likeness (QED) is 0.910. The number of carbonyl (C=O) groups is 2. The highest BCUT2D eigenvalue weighted by atomic mass is 35.5. The first-order valence-corrected chi connectivity index (χ1v) is 7.44. The molecular formula is C17H16ClFN2O3. The van der Waals surface area contributed by atoms with Gasteiger partial charge < -0.3 is 10.1 Å². The third kappa shape index (κ3) is 4.23. The van der Waals surface area contributed by atoms with Crippen molar-refractivity contribution in [3.63, 3.8) is 0 Å². The van der Waals surface area contributed by atoms with Crippen molar-refractivity contribution in [1.29, 1.82) is 0 Å². The van der Waals surface area contributed by atoms with Crippen molar-refractivity contribution in [2.24, 2.45) is 0 Å². The normalized spacial score (nSPS) is 10.2. The summed E-state index contributed by atoms with van der Waals surface area (Å²) >= 11 is 5.91. The number of amides is 2. The molecule has 7 heteroatoms. The molecule has 0 saturated carbocycles. The molecule has 2 rings (SSSR count). The summed E-state index contributed by atoms with van der Waals surface area (Å²) in [6, 6.07) is 10.8. The summed E-state index contributed by atoms with van der Waals surface area (Å²) in [5, 5.41) is 2.86. The van der Waals surface area contributed by atoms with Crippen LogP contribution in [0, 0.1) is 5.82 Å². The molecule has 0 bridgehead atoms. The Labute approximate surface area is 144 Å². The van der Waals surface area contributed by atoms with E-state index in [0.717, 1.165) is 0 Å². The van der Waals surface area contributed by atoms with Crippen molar-refractivity contribution in [1.82, 2.24) is 0 Å². The van der Waals surface area contributed by atoms with Crippen LogP contribution in [0.15, 0.2) is 42.5 Å². The molecule has 0 saturated heterocycles. The van der Waals surface area contributed by atoms with E-state index >= 15 is 0 Å². The van der Waals surface area contributed by atoms with Crippen molar-refractivity contribution in [3.8, 4) is 0 Å². The molecule has 0 fully saturated rings. The van der Waals surface area contributed by atoms with Crippen LogP contribution in [-0.2, 0) is 16.0 Å². The Morgan fingerprint density at radius 2 is 1.88 bits per heavy atom. The SMILES string of the molecule is COC(=O)N(C)c1ccc(NC(=O)Cc2c(F)cccc2Cl)cc1. The monoisotopic (exact) mass is 350 g/mol. The van der Waals surface area contributed by atoms with Gasteiger partial charge in [0.1, 0.15) is 5.82 Å². The second kappa shape index (κ2) is 7.79. The molecule has 2 aromatic carbocycles. The van der Waals surface area contributed by atoms with Gasteiger partial charge in [0.25, 0.3) is 0 Å². The van der Waals surface area contributed by atoms with E-state index in [1.54, 1.807) is 31.3 Å². The zero-order valence-electron chi connectivity index (χ0n) is 13.2. The Morgan fingerprint density at radius 3 is 2.46 bits per heavy atom. The fourth-order valence-electron chi connectivity index (χ4n) is 2.08. The van der Waals surface area contributed by atoms with Crippen LogP contribution in [0.3, 0.4) is 0 Å². The smallest absolute Gasteiger partial charge is 0.413 e. The van der Waals surface area contributed by atoms with Crippen molar-refractivity contribution < 1.29 is 18.7 Å². The number of nitrogens with one attached hydrogen (secondary N) is 1. The second-order valence-corrected chi connectivity index (χ2v) is 5.41. The molecule has 0 aliphatic carbocycles. The molecule has 0 atom stereocenters. The predicted molar refractivity (Wildman–Crippen MR) is 91.0 cm³/mol. The van der Waals surface area contributed by atoms with E-state index in [4.69, 9.17) is 11.6 Å². The lowest BCUT2D eigenvalue weighted by atomic mass is 10.1. The van der Waals surface area contributed by atoms with Gasteiger partial charge in [-0.15, -0.1) is 0 Å². The number of nitrogens with zero attached hydrogens (tertiary/aromatic N) is 1. The molecule has 2 aromatic rings. The lowest BCUT2D eigenvalue weighted by molar-refractivity contribution is -0.115. The number of methoxy groups -OCH3 is 1. The zero-order valence-corrected chi connectivity index (χ0v) is 13.9. The number of hydrogen-bond donors (Lipinski definition) is 1. The predicted octanol–water partition coefficient (Wildman–Crippen LogP) is 3.86. The fraction of sp³-hybridized carbons (Fsp3) is 0.176. The van der Waals surface area contributed by atoms with E-state index in [9.17, 15) is 14.0 Å². The highest BCUT2D eigenvalue weighted by Crippen LogP contribution is 2.21. The fourth-order valence-corrected chi connectivity index (χ4v) is 2.31. The first-order chi connectivity index (χ1) is 11.4. The van der Waals surface area contributed by atoms with Crippen LogP contribution in [0.2, 0.25) is 5.02 Å². The largest absolute Gasteiger partial charge is 0.452 e. The molecule has 0 aliphatic heterocycles. The molecule has 0 radical (unpaired) electrons. The minimum absolute atomic E-state index is 0.152. The molecule has 0 unspecified atom stereocenters. The van der Waals surface area contributed by atoms with Crippen molar-refractivity contribution in [2.45, 2.75) is 6.42 Å². The average Bonchev–Trinajstić information content (AvgIpc) is 2.57. The Hall–Kier alpha value is -2.60. The first-order valence-electron chi connectivity index (χ1n) is 7.07. The maximum atomic E-state index is 13.7. The molecule has 0 heterocycles. The zero-order chi connectivity index (χ0) is 17.7. The Morgan fingerprint density at radius 1 is 1.21 bits per heavy atom. The van der Waals surface area contributed by atoms with E-state index in [0.29, 0.717) is 11.4 Å². The number of benzene rings is 2. The van der Waals surface area contributed by atoms with Gasteiger partial charge in [-0.2, -0.15) is 0 Å². The van der Waals surface area contributed by atoms with Gasteiger partial charge in [-0.1, -0.05) is 17.7 Å². The topological polar surface area (TPSA) is 58.6 Å². The van der Waals surface area contributed by atoms with Gasteiger partial charge in [0.2, 0.25) is 5.91 Å². The Bertz CT molecular complexity index is 730. The number of carbonyl (C=O) groups excluding carboxylic acids is 2. The van der Waals surface area contributed by atoms with Crippen LogP contribution in [-0.4, -0.2) is 26.2 Å². The molecule has 0 spiro atoms. The third-order valence-electron chi connectivity index (χ3n) is 3.39. The Balaban J connectivity index is 2.03. The van der Waals surface area contributed by atoms with E-state index in [1.807, 2.05) is 0 Å². The lowest BCUT2D eigenvalue weighted by Crippen LogP contribution is -2.25. The van der Waals surface area contributed by atoms with E-state index in [-0.39, 0.29) is 17.0 Å². The molecular weight excluding hydrogens is 335 g/mol. The summed E-state index contributed by atoms with van der Waals surface area (Å²) in [6.45, 7) is 0. The van der Waals surface area contributed by atoms with E-state index in [1.165, 1.54) is 30.2 Å². The van der Waals surface area contributed by atoms with Crippen molar-refractivity contribution in [3.05, 3.63) is 58.9 Å². The second-order valence-electron chi connectivity index (χ2n) is 5.00. The van der Waals surface area contributed by atoms with Gasteiger partial charge in [0.15, 0.2) is 0 Å². The molecule has 2 amide bonds. The number of rotatable bonds is 4. The van der Waals surface area contributed by atoms with Crippen molar-refractivity contribution in [2.75, 3.05) is 24.4 Å². The Kier molecular flexibility index (Phi) is 5.76. The molecule has 1 N–H and O–H groups in total. The first kappa shape index (κ1) is 17.7. The maximum Gasteiger partial charge on any atom is 0.413 e. The molecule has 126 valence electrons. The van der Waals surface area contributed by atoms with E-state index < -0.39 is 17.8 Å². The van der Waals surface area contributed by atoms with E-state index in [2.05, 4.69) is 10.1 Å². The molecule has 5 nitrogen and oxygen atoms in total. The van der Waals surface area contributed by atoms with Crippen molar-refractivity contribution >= 4 is 35.0 Å². The summed E-state index contributed by atoms with van der Waals surface area (Å²) in [5.41, 5.74) is 1.28. The van der Waals surface area contributed by atoms with Crippen LogP contribution in [0.25, 0.3) is 0 Å². The summed E-state index contributed by atoms with van der Waals surface area (Å²) in [5.74, 6) is -0.913.